The lowest BCUT2D eigenvalue weighted by molar-refractivity contribution is -0.212. The van der Waals surface area contributed by atoms with Gasteiger partial charge in [0.05, 0.1) is 32.5 Å². The molecule has 30 heavy (non-hydrogen) atoms. The second-order valence-electron chi connectivity index (χ2n) is 9.80. The zero-order chi connectivity index (χ0) is 22.3. The van der Waals surface area contributed by atoms with Gasteiger partial charge in [-0.2, -0.15) is 0 Å². The summed E-state index contributed by atoms with van der Waals surface area (Å²) in [7, 11) is 2.83. The number of Topliss-reactive ketones (excluding diaryl/α,β-unsaturated/α-hetero) is 1. The van der Waals surface area contributed by atoms with Gasteiger partial charge in [-0.15, -0.1) is 0 Å². The zero-order valence-electron chi connectivity index (χ0n) is 18.7. The SMILES string of the molecule is COC(=O)[C@]1(C(O)CO)C(=O)[C@H]2C[C@](C)(CC[C@H]2C(C)(C)OC)[C@H]1CC1OCCO1. The summed E-state index contributed by atoms with van der Waals surface area (Å²) in [6.45, 7) is 6.13. The van der Waals surface area contributed by atoms with Gasteiger partial charge in [0.25, 0.3) is 0 Å². The van der Waals surface area contributed by atoms with Gasteiger partial charge in [-0.3, -0.25) is 9.59 Å². The van der Waals surface area contributed by atoms with E-state index in [0.29, 0.717) is 19.6 Å². The van der Waals surface area contributed by atoms with Crippen molar-refractivity contribution in [2.45, 2.75) is 64.4 Å². The summed E-state index contributed by atoms with van der Waals surface area (Å²) in [6.07, 6.45) is 0.248. The maximum absolute atomic E-state index is 14.0. The van der Waals surface area contributed by atoms with E-state index in [4.69, 9.17) is 18.9 Å². The largest absolute Gasteiger partial charge is 0.468 e. The minimum absolute atomic E-state index is 0.113. The van der Waals surface area contributed by atoms with Crippen LogP contribution in [0.3, 0.4) is 0 Å². The molecule has 2 aliphatic carbocycles. The van der Waals surface area contributed by atoms with Gasteiger partial charge in [-0.05, 0) is 50.4 Å². The molecule has 0 aromatic carbocycles. The van der Waals surface area contributed by atoms with Crippen LogP contribution in [0.4, 0.5) is 0 Å². The molecule has 0 aromatic heterocycles. The van der Waals surface area contributed by atoms with Gasteiger partial charge in [0, 0.05) is 19.4 Å². The van der Waals surface area contributed by atoms with Gasteiger partial charge < -0.3 is 29.2 Å². The summed E-state index contributed by atoms with van der Waals surface area (Å²) >= 11 is 0. The van der Waals surface area contributed by atoms with E-state index in [1.54, 1.807) is 7.11 Å². The minimum Gasteiger partial charge on any atom is -0.468 e. The summed E-state index contributed by atoms with van der Waals surface area (Å²) in [4.78, 5) is 27.3. The lowest BCUT2D eigenvalue weighted by Crippen LogP contribution is -2.68. The van der Waals surface area contributed by atoms with E-state index in [-0.39, 0.29) is 18.1 Å². The lowest BCUT2D eigenvalue weighted by atomic mass is 9.43. The molecule has 8 nitrogen and oxygen atoms in total. The van der Waals surface area contributed by atoms with Crippen molar-refractivity contribution in [1.29, 1.82) is 0 Å². The van der Waals surface area contributed by atoms with Crippen molar-refractivity contribution in [3.63, 3.8) is 0 Å². The summed E-state index contributed by atoms with van der Waals surface area (Å²) in [5, 5.41) is 20.9. The van der Waals surface area contributed by atoms with E-state index >= 15 is 0 Å². The second kappa shape index (κ2) is 8.47. The number of hydrogen-bond donors (Lipinski definition) is 2. The third kappa shape index (κ3) is 3.50. The molecule has 2 saturated carbocycles. The number of aliphatic hydroxyl groups excluding tert-OH is 2. The zero-order valence-corrected chi connectivity index (χ0v) is 18.7. The highest BCUT2D eigenvalue weighted by Crippen LogP contribution is 2.63. The Bertz CT molecular complexity index is 658. The number of carbonyl (C=O) groups excluding carboxylic acids is 2. The Kier molecular flexibility index (Phi) is 6.66. The van der Waals surface area contributed by atoms with Crippen molar-refractivity contribution in [2.75, 3.05) is 34.0 Å². The molecule has 0 amide bonds. The van der Waals surface area contributed by atoms with E-state index in [0.717, 1.165) is 12.8 Å². The van der Waals surface area contributed by atoms with Crippen molar-refractivity contribution >= 4 is 11.8 Å². The summed E-state index contributed by atoms with van der Waals surface area (Å²) in [6, 6.07) is 0. The van der Waals surface area contributed by atoms with E-state index < -0.39 is 53.2 Å². The molecule has 3 rings (SSSR count). The molecule has 0 aromatic rings. The highest BCUT2D eigenvalue weighted by molar-refractivity contribution is 6.07. The highest BCUT2D eigenvalue weighted by atomic mass is 16.7. The fourth-order valence-electron chi connectivity index (χ4n) is 6.33. The van der Waals surface area contributed by atoms with Crippen molar-refractivity contribution in [3.05, 3.63) is 0 Å². The Morgan fingerprint density at radius 2 is 1.93 bits per heavy atom. The molecule has 6 atom stereocenters. The fourth-order valence-corrected chi connectivity index (χ4v) is 6.33. The smallest absolute Gasteiger partial charge is 0.322 e. The van der Waals surface area contributed by atoms with Crippen molar-refractivity contribution in [1.82, 2.24) is 0 Å². The Hall–Kier alpha value is -1.06. The molecule has 1 aliphatic heterocycles. The van der Waals surface area contributed by atoms with Gasteiger partial charge in [0.1, 0.15) is 6.10 Å². The van der Waals surface area contributed by atoms with Crippen molar-refractivity contribution in [2.24, 2.45) is 28.6 Å². The minimum atomic E-state index is -1.88. The number of carbonyl (C=O) groups is 2. The number of aliphatic hydroxyl groups is 2. The van der Waals surface area contributed by atoms with Gasteiger partial charge in [0.2, 0.25) is 0 Å². The first-order chi connectivity index (χ1) is 14.1. The third-order valence-electron chi connectivity index (χ3n) is 8.09. The van der Waals surface area contributed by atoms with E-state index in [9.17, 15) is 19.8 Å². The molecule has 1 heterocycles. The van der Waals surface area contributed by atoms with Crippen LogP contribution in [-0.2, 0) is 28.5 Å². The third-order valence-corrected chi connectivity index (χ3v) is 8.09. The standard InChI is InChI=1S/C22H36O8/c1-20(2,28-5)14-6-7-21(3)11-13(14)18(25)22(16(24)12-23,19(26)27-4)15(21)10-17-29-8-9-30-17/h13-17,23-24H,6-12H2,1-5H3/t13-,14+,15+,16?,21-,22+/m0/s1. The number of ether oxygens (including phenoxy) is 4. The van der Waals surface area contributed by atoms with Crippen LogP contribution in [0.1, 0.15) is 46.5 Å². The van der Waals surface area contributed by atoms with Gasteiger partial charge in [0.15, 0.2) is 17.5 Å². The van der Waals surface area contributed by atoms with E-state index in [1.165, 1.54) is 7.11 Å². The first-order valence-electron chi connectivity index (χ1n) is 10.8. The van der Waals surface area contributed by atoms with Gasteiger partial charge in [-0.25, -0.2) is 0 Å². The normalized spacial score (nSPS) is 38.5. The number of methoxy groups -OCH3 is 2. The van der Waals surface area contributed by atoms with Crippen molar-refractivity contribution in [3.8, 4) is 0 Å². The predicted octanol–water partition coefficient (Wildman–Crippen LogP) is 1.31. The summed E-state index contributed by atoms with van der Waals surface area (Å²) < 4.78 is 22.1. The monoisotopic (exact) mass is 428 g/mol. The fraction of sp³-hybridized carbons (Fsp3) is 0.909. The van der Waals surface area contributed by atoms with Gasteiger partial charge >= 0.3 is 5.97 Å². The van der Waals surface area contributed by atoms with Crippen molar-refractivity contribution < 1.29 is 38.7 Å². The van der Waals surface area contributed by atoms with E-state index in [1.807, 2.05) is 13.8 Å². The lowest BCUT2D eigenvalue weighted by Gasteiger charge is -2.60. The molecule has 2 N–H and O–H groups in total. The molecule has 1 unspecified atom stereocenters. The van der Waals surface area contributed by atoms with Crippen LogP contribution in [0, 0.1) is 28.6 Å². The second-order valence-corrected chi connectivity index (χ2v) is 9.80. The predicted molar refractivity (Wildman–Crippen MR) is 106 cm³/mol. The quantitative estimate of drug-likeness (QED) is 0.461. The molecule has 0 spiro atoms. The first kappa shape index (κ1) is 23.6. The van der Waals surface area contributed by atoms with Gasteiger partial charge in [-0.1, -0.05) is 6.92 Å². The number of hydrogen-bond acceptors (Lipinski definition) is 8. The average molecular weight is 429 g/mol. The number of ketones is 1. The van der Waals surface area contributed by atoms with Crippen LogP contribution in [0.25, 0.3) is 0 Å². The summed E-state index contributed by atoms with van der Waals surface area (Å²) in [5.41, 5.74) is -2.88. The Morgan fingerprint density at radius 3 is 2.47 bits per heavy atom. The van der Waals surface area contributed by atoms with Crippen LogP contribution < -0.4 is 0 Å². The summed E-state index contributed by atoms with van der Waals surface area (Å²) in [5.74, 6) is -2.35. The Labute approximate surface area is 178 Å². The van der Waals surface area contributed by atoms with Crippen LogP contribution in [0.15, 0.2) is 0 Å². The molecule has 172 valence electrons. The number of fused-ring (bicyclic) bond motifs is 2. The van der Waals surface area contributed by atoms with Crippen LogP contribution in [0.5, 0.6) is 0 Å². The maximum Gasteiger partial charge on any atom is 0.322 e. The average Bonchev–Trinajstić information content (AvgIpc) is 3.25. The van der Waals surface area contributed by atoms with E-state index in [2.05, 4.69) is 6.92 Å². The molecule has 8 heteroatoms. The Morgan fingerprint density at radius 1 is 1.30 bits per heavy atom. The highest BCUT2D eigenvalue weighted by Gasteiger charge is 2.70. The molecule has 0 radical (unpaired) electrons. The number of esters is 1. The topological polar surface area (TPSA) is 112 Å². The molecule has 1 saturated heterocycles. The number of rotatable bonds is 7. The van der Waals surface area contributed by atoms with Crippen LogP contribution in [0.2, 0.25) is 0 Å². The van der Waals surface area contributed by atoms with Crippen LogP contribution in [-0.4, -0.2) is 74.0 Å². The molecular formula is C22H36O8. The maximum atomic E-state index is 14.0. The molecule has 3 fully saturated rings. The molecular weight excluding hydrogens is 392 g/mol. The van der Waals surface area contributed by atoms with Crippen LogP contribution >= 0.6 is 0 Å². The molecule has 3 aliphatic rings. The first-order valence-corrected chi connectivity index (χ1v) is 10.8. The Balaban J connectivity index is 2.14. The molecule has 2 bridgehead atoms.